The first-order valence-electron chi connectivity index (χ1n) is 10.8. The van der Waals surface area contributed by atoms with E-state index in [0.717, 1.165) is 49.4 Å². The number of aryl methyl sites for hydroxylation is 2. The molecule has 0 saturated carbocycles. The third-order valence-electron chi connectivity index (χ3n) is 6.61. The molecule has 0 aliphatic carbocycles. The fourth-order valence-corrected chi connectivity index (χ4v) is 5.68. The summed E-state index contributed by atoms with van der Waals surface area (Å²) in [5, 5.41) is 3.54. The van der Waals surface area contributed by atoms with E-state index in [4.69, 9.17) is 4.42 Å². The zero-order valence-electron chi connectivity index (χ0n) is 19.2. The quantitative estimate of drug-likeness (QED) is 0.219. The van der Waals surface area contributed by atoms with E-state index in [2.05, 4.69) is 50.2 Å². The van der Waals surface area contributed by atoms with Gasteiger partial charge in [-0.3, -0.25) is 0 Å². The maximum atomic E-state index is 15.0. The van der Waals surface area contributed by atoms with Crippen LogP contribution in [0.5, 0.6) is 0 Å². The van der Waals surface area contributed by atoms with Gasteiger partial charge in [0.15, 0.2) is 0 Å². The third kappa shape index (κ3) is 3.06. The average Bonchev–Trinajstić information content (AvgIpc) is 3.06. The molecule has 0 spiro atoms. The van der Waals surface area contributed by atoms with Gasteiger partial charge < -0.3 is 4.42 Å². The Hall–Kier alpha value is -3.05. The molecule has 32 heavy (non-hydrogen) atoms. The lowest BCUT2D eigenvalue weighted by Gasteiger charge is -2.17. The molecule has 0 unspecified atom stereocenters. The molecule has 0 N–H and O–H groups in total. The zero-order chi connectivity index (χ0) is 22.9. The Morgan fingerprint density at radius 3 is 2.28 bits per heavy atom. The van der Waals surface area contributed by atoms with E-state index in [1.165, 1.54) is 12.1 Å². The van der Waals surface area contributed by atoms with Gasteiger partial charge in [0.25, 0.3) is 0 Å². The van der Waals surface area contributed by atoms with E-state index in [-0.39, 0.29) is 11.6 Å². The van der Waals surface area contributed by atoms with Gasteiger partial charge in [0.05, 0.1) is 19.0 Å². The summed E-state index contributed by atoms with van der Waals surface area (Å²) >= 11 is 0. The number of rotatable bonds is 2. The summed E-state index contributed by atoms with van der Waals surface area (Å²) in [5.74, 6) is -0.510. The largest absolute Gasteiger partial charge is 0.455 e. The fourth-order valence-electron chi connectivity index (χ4n) is 4.55. The highest BCUT2D eigenvalue weighted by Crippen LogP contribution is 2.39. The lowest BCUT2D eigenvalue weighted by atomic mass is 9.96. The van der Waals surface area contributed by atoms with Crippen LogP contribution in [-0.2, 0) is 7.05 Å². The molecule has 0 fully saturated rings. The molecule has 0 radical (unpaired) electrons. The Bertz CT molecular complexity index is 1560. The average molecular weight is 447 g/mol. The van der Waals surface area contributed by atoms with Gasteiger partial charge in [0, 0.05) is 29.0 Å². The molecule has 5 heteroatoms. The van der Waals surface area contributed by atoms with Crippen LogP contribution < -0.4 is 9.75 Å². The van der Waals surface area contributed by atoms with Gasteiger partial charge >= 0.3 is 0 Å². The second-order valence-electron chi connectivity index (χ2n) is 9.73. The molecule has 3 aromatic carbocycles. The summed E-state index contributed by atoms with van der Waals surface area (Å²) in [7, 11) is 0.273. The molecule has 162 valence electrons. The molecule has 2 aromatic heterocycles. The van der Waals surface area contributed by atoms with Crippen LogP contribution in [0, 0.1) is 25.5 Å². The third-order valence-corrected chi connectivity index (χ3v) is 8.63. The predicted molar refractivity (Wildman–Crippen MR) is 130 cm³/mol. The van der Waals surface area contributed by atoms with E-state index in [1.54, 1.807) is 12.1 Å². The number of benzene rings is 3. The Kier molecular flexibility index (Phi) is 4.54. The van der Waals surface area contributed by atoms with Crippen molar-refractivity contribution in [3.63, 3.8) is 0 Å². The molecule has 0 aliphatic rings. The SMILES string of the molecule is Cc1cc2c(oc3cc(F)ccc32)c(-c2ccc3c(F)cc([Si](C)(C)C)cc3[n+]2C)c1C. The van der Waals surface area contributed by atoms with Crippen molar-refractivity contribution in [2.45, 2.75) is 33.5 Å². The first-order chi connectivity index (χ1) is 15.1. The molecule has 2 heterocycles. The van der Waals surface area contributed by atoms with E-state index in [9.17, 15) is 4.39 Å². The Morgan fingerprint density at radius 1 is 0.844 bits per heavy atom. The van der Waals surface area contributed by atoms with Gasteiger partial charge in [-0.2, -0.15) is 4.57 Å². The second-order valence-corrected chi connectivity index (χ2v) is 14.8. The van der Waals surface area contributed by atoms with Crippen LogP contribution in [0.25, 0.3) is 44.1 Å². The van der Waals surface area contributed by atoms with Gasteiger partial charge in [-0.15, -0.1) is 0 Å². The smallest absolute Gasteiger partial charge is 0.216 e. The van der Waals surface area contributed by atoms with Crippen LogP contribution in [-0.4, -0.2) is 8.07 Å². The number of pyridine rings is 1. The van der Waals surface area contributed by atoms with Crippen LogP contribution in [0.2, 0.25) is 19.6 Å². The highest BCUT2D eigenvalue weighted by atomic mass is 28.3. The van der Waals surface area contributed by atoms with Gasteiger partial charge in [0.2, 0.25) is 11.2 Å². The number of nitrogens with zero attached hydrogens (tertiary/aromatic N) is 1. The van der Waals surface area contributed by atoms with E-state index in [1.807, 2.05) is 19.2 Å². The summed E-state index contributed by atoms with van der Waals surface area (Å²) < 4.78 is 37.1. The summed E-state index contributed by atoms with van der Waals surface area (Å²) in [6.07, 6.45) is 0. The first-order valence-corrected chi connectivity index (χ1v) is 14.3. The molecular formula is C27H26F2NOSi+. The fraction of sp³-hybridized carbons (Fsp3) is 0.222. The number of fused-ring (bicyclic) bond motifs is 4. The van der Waals surface area contributed by atoms with Crippen molar-refractivity contribution in [2.24, 2.45) is 7.05 Å². The van der Waals surface area contributed by atoms with E-state index < -0.39 is 8.07 Å². The molecule has 0 saturated heterocycles. The number of halogens is 2. The molecule has 0 atom stereocenters. The van der Waals surface area contributed by atoms with Crippen LogP contribution in [0.3, 0.4) is 0 Å². The van der Waals surface area contributed by atoms with Gasteiger partial charge in [-0.25, -0.2) is 8.78 Å². The normalized spacial score (nSPS) is 12.4. The second kappa shape index (κ2) is 6.97. The number of furan rings is 1. The van der Waals surface area contributed by atoms with Crippen molar-refractivity contribution < 1.29 is 17.8 Å². The molecular weight excluding hydrogens is 420 g/mol. The first kappa shape index (κ1) is 20.8. The van der Waals surface area contributed by atoms with Crippen LogP contribution in [0.1, 0.15) is 11.1 Å². The molecule has 5 rings (SSSR count). The molecule has 0 bridgehead atoms. The number of aromatic nitrogens is 1. The molecule has 5 aromatic rings. The molecule has 0 aliphatic heterocycles. The number of hydrogen-bond acceptors (Lipinski definition) is 1. The lowest BCUT2D eigenvalue weighted by Crippen LogP contribution is -2.40. The summed E-state index contributed by atoms with van der Waals surface area (Å²) in [4.78, 5) is 0. The lowest BCUT2D eigenvalue weighted by molar-refractivity contribution is -0.633. The summed E-state index contributed by atoms with van der Waals surface area (Å²) in [5.41, 5.74) is 6.23. The van der Waals surface area contributed by atoms with Crippen molar-refractivity contribution >= 4 is 46.1 Å². The number of hydrogen-bond donors (Lipinski definition) is 0. The predicted octanol–water partition coefficient (Wildman–Crippen LogP) is 6.67. The minimum atomic E-state index is -1.70. The van der Waals surface area contributed by atoms with Gasteiger partial charge in [-0.05, 0) is 55.3 Å². The van der Waals surface area contributed by atoms with Crippen LogP contribution in [0.4, 0.5) is 8.78 Å². The Labute approximate surface area is 187 Å². The van der Waals surface area contributed by atoms with Crippen molar-refractivity contribution in [3.8, 4) is 11.3 Å². The molecule has 0 amide bonds. The minimum Gasteiger partial charge on any atom is -0.455 e. The van der Waals surface area contributed by atoms with E-state index in [0.29, 0.717) is 11.0 Å². The monoisotopic (exact) mass is 446 g/mol. The highest BCUT2D eigenvalue weighted by molar-refractivity contribution is 6.88. The maximum Gasteiger partial charge on any atom is 0.216 e. The van der Waals surface area contributed by atoms with Crippen molar-refractivity contribution in [1.82, 2.24) is 0 Å². The summed E-state index contributed by atoms with van der Waals surface area (Å²) in [6, 6.07) is 14.4. The van der Waals surface area contributed by atoms with Crippen LogP contribution in [0.15, 0.2) is 52.9 Å². The van der Waals surface area contributed by atoms with Crippen molar-refractivity contribution in [1.29, 1.82) is 0 Å². The van der Waals surface area contributed by atoms with Crippen LogP contribution >= 0.6 is 0 Å². The summed E-state index contributed by atoms with van der Waals surface area (Å²) in [6.45, 7) is 10.8. The zero-order valence-corrected chi connectivity index (χ0v) is 20.2. The van der Waals surface area contributed by atoms with E-state index >= 15 is 4.39 Å². The highest BCUT2D eigenvalue weighted by Gasteiger charge is 2.26. The Morgan fingerprint density at radius 2 is 1.56 bits per heavy atom. The molecule has 2 nitrogen and oxygen atoms in total. The van der Waals surface area contributed by atoms with Gasteiger partial charge in [-0.1, -0.05) is 24.8 Å². The van der Waals surface area contributed by atoms with Crippen molar-refractivity contribution in [3.05, 3.63) is 71.3 Å². The topological polar surface area (TPSA) is 17.0 Å². The standard InChI is InChI=1S/C27H26F2NOSi/c1-15-11-21-19-8-7-17(28)12-25(19)31-27(21)26(16(15)2)23-10-9-20-22(29)13-18(32(4,5)6)14-24(20)30(23)3/h7-14H,1-6H3/q+1. The Balaban J connectivity index is 1.89. The minimum absolute atomic E-state index is 0.188. The maximum absolute atomic E-state index is 15.0. The van der Waals surface area contributed by atoms with Gasteiger partial charge in [0.1, 0.15) is 29.8 Å². The van der Waals surface area contributed by atoms with Crippen molar-refractivity contribution in [2.75, 3.05) is 0 Å².